The first kappa shape index (κ1) is 21.7. The zero-order valence-electron chi connectivity index (χ0n) is 17.0. The van der Waals surface area contributed by atoms with Crippen LogP contribution >= 0.6 is 11.6 Å². The lowest BCUT2D eigenvalue weighted by Gasteiger charge is -2.29. The van der Waals surface area contributed by atoms with Crippen LogP contribution in [0.2, 0.25) is 5.02 Å². The van der Waals surface area contributed by atoms with Gasteiger partial charge in [-0.2, -0.15) is 13.2 Å². The van der Waals surface area contributed by atoms with Gasteiger partial charge in [-0.25, -0.2) is 0 Å². The SMILES string of the molecule is Cn1cc([C@@H](CC(=O)N2CCOCC2)c2ccc(Cl)c(C(F)(F)F)c2)c2ccccc21. The van der Waals surface area contributed by atoms with Gasteiger partial charge < -0.3 is 14.2 Å². The molecule has 1 fully saturated rings. The van der Waals surface area contributed by atoms with Gasteiger partial charge in [-0.3, -0.25) is 4.79 Å². The number of para-hydroxylation sites is 1. The second-order valence-corrected chi connectivity index (χ2v) is 8.11. The number of ether oxygens (including phenoxy) is 1. The summed E-state index contributed by atoms with van der Waals surface area (Å²) in [5.41, 5.74) is 1.28. The quantitative estimate of drug-likeness (QED) is 0.545. The Balaban J connectivity index is 1.80. The van der Waals surface area contributed by atoms with Gasteiger partial charge in [-0.1, -0.05) is 35.9 Å². The molecule has 3 aromatic rings. The highest BCUT2D eigenvalue weighted by molar-refractivity contribution is 6.31. The number of alkyl halides is 3. The van der Waals surface area contributed by atoms with Crippen LogP contribution in [0.5, 0.6) is 0 Å². The van der Waals surface area contributed by atoms with Crippen molar-refractivity contribution in [2.75, 3.05) is 26.3 Å². The Morgan fingerprint density at radius 2 is 1.87 bits per heavy atom. The lowest BCUT2D eigenvalue weighted by atomic mass is 9.87. The summed E-state index contributed by atoms with van der Waals surface area (Å²) in [5, 5.41) is 0.556. The molecule has 4 rings (SSSR count). The molecular formula is C23H22ClF3N2O2. The number of rotatable bonds is 4. The number of carbonyl (C=O) groups is 1. The number of benzene rings is 2. The van der Waals surface area contributed by atoms with E-state index in [-0.39, 0.29) is 17.4 Å². The average Bonchev–Trinajstić information content (AvgIpc) is 3.09. The van der Waals surface area contributed by atoms with E-state index < -0.39 is 17.7 Å². The van der Waals surface area contributed by atoms with Gasteiger partial charge in [0, 0.05) is 49.6 Å². The summed E-state index contributed by atoms with van der Waals surface area (Å²) >= 11 is 5.85. The molecule has 8 heteroatoms. The van der Waals surface area contributed by atoms with Crippen molar-refractivity contribution in [3.05, 3.63) is 70.4 Å². The molecule has 1 atom stereocenters. The molecule has 0 saturated carbocycles. The van der Waals surface area contributed by atoms with Gasteiger partial charge in [0.2, 0.25) is 5.91 Å². The number of aromatic nitrogens is 1. The number of fused-ring (bicyclic) bond motifs is 1. The Bertz CT molecular complexity index is 1100. The van der Waals surface area contributed by atoms with E-state index in [0.717, 1.165) is 22.5 Å². The van der Waals surface area contributed by atoms with Gasteiger partial charge in [0.05, 0.1) is 23.8 Å². The van der Waals surface area contributed by atoms with Crippen LogP contribution in [0.1, 0.15) is 29.0 Å². The fourth-order valence-electron chi connectivity index (χ4n) is 4.15. The van der Waals surface area contributed by atoms with E-state index in [2.05, 4.69) is 0 Å². The number of amides is 1. The highest BCUT2D eigenvalue weighted by atomic mass is 35.5. The summed E-state index contributed by atoms with van der Waals surface area (Å²) in [6.07, 6.45) is -2.62. The van der Waals surface area contributed by atoms with Crippen LogP contribution in [0.15, 0.2) is 48.7 Å². The molecule has 4 nitrogen and oxygen atoms in total. The predicted molar refractivity (Wildman–Crippen MR) is 113 cm³/mol. The van der Waals surface area contributed by atoms with E-state index in [1.807, 2.05) is 42.1 Å². The molecule has 1 amide bonds. The molecule has 0 aliphatic carbocycles. The van der Waals surface area contributed by atoms with Crippen molar-refractivity contribution >= 4 is 28.4 Å². The maximum atomic E-state index is 13.5. The number of aryl methyl sites for hydroxylation is 1. The molecule has 0 radical (unpaired) electrons. The van der Waals surface area contributed by atoms with Crippen LogP contribution in [0.4, 0.5) is 13.2 Å². The van der Waals surface area contributed by atoms with Gasteiger partial charge in [-0.05, 0) is 29.3 Å². The van der Waals surface area contributed by atoms with Crippen LogP contribution in [-0.4, -0.2) is 41.7 Å². The summed E-state index contributed by atoms with van der Waals surface area (Å²) < 4.78 is 47.8. The smallest absolute Gasteiger partial charge is 0.378 e. The normalized spacial score (nSPS) is 16.0. The first-order valence-electron chi connectivity index (χ1n) is 10.0. The molecule has 0 spiro atoms. The van der Waals surface area contributed by atoms with Gasteiger partial charge in [0.1, 0.15) is 0 Å². The van der Waals surface area contributed by atoms with Crippen LogP contribution in [0, 0.1) is 0 Å². The van der Waals surface area contributed by atoms with Crippen molar-refractivity contribution in [3.63, 3.8) is 0 Å². The summed E-state index contributed by atoms with van der Waals surface area (Å²) in [6.45, 7) is 1.89. The lowest BCUT2D eigenvalue weighted by molar-refractivity contribution is -0.137. The Kier molecular flexibility index (Phi) is 5.99. The van der Waals surface area contributed by atoms with Gasteiger partial charge in [-0.15, -0.1) is 0 Å². The minimum absolute atomic E-state index is 0.0624. The highest BCUT2D eigenvalue weighted by Gasteiger charge is 2.35. The molecular weight excluding hydrogens is 429 g/mol. The fraction of sp³-hybridized carbons (Fsp3) is 0.348. The molecule has 164 valence electrons. The summed E-state index contributed by atoms with van der Waals surface area (Å²) in [7, 11) is 1.88. The van der Waals surface area contributed by atoms with E-state index in [0.29, 0.717) is 31.9 Å². The third-order valence-corrected chi connectivity index (χ3v) is 6.07. The first-order chi connectivity index (χ1) is 14.8. The zero-order valence-corrected chi connectivity index (χ0v) is 17.7. The Labute approximate surface area is 183 Å². The fourth-order valence-corrected chi connectivity index (χ4v) is 4.38. The van der Waals surface area contributed by atoms with Gasteiger partial charge in [0.15, 0.2) is 0 Å². The average molecular weight is 451 g/mol. The minimum atomic E-state index is -4.58. The Morgan fingerprint density at radius 3 is 2.58 bits per heavy atom. The maximum Gasteiger partial charge on any atom is 0.417 e. The standard InChI is InChI=1S/C23H22ClF3N2O2/c1-28-14-18(16-4-2-3-5-21(16)28)17(13-22(30)29-8-10-31-11-9-29)15-6-7-20(24)19(12-15)23(25,26)27/h2-7,12,14,17H,8-11,13H2,1H3/t17-/m0/s1. The topological polar surface area (TPSA) is 34.5 Å². The molecule has 0 bridgehead atoms. The van der Waals surface area contributed by atoms with E-state index in [9.17, 15) is 18.0 Å². The van der Waals surface area contributed by atoms with E-state index in [1.165, 1.54) is 6.07 Å². The number of hydrogen-bond acceptors (Lipinski definition) is 2. The van der Waals surface area contributed by atoms with Crippen molar-refractivity contribution in [1.29, 1.82) is 0 Å². The number of nitrogens with zero attached hydrogens (tertiary/aromatic N) is 2. The van der Waals surface area contributed by atoms with Crippen molar-refractivity contribution in [3.8, 4) is 0 Å². The van der Waals surface area contributed by atoms with Gasteiger partial charge in [0.25, 0.3) is 0 Å². The van der Waals surface area contributed by atoms with Crippen molar-refractivity contribution in [2.24, 2.45) is 7.05 Å². The molecule has 1 aliphatic heterocycles. The Hall–Kier alpha value is -2.51. The van der Waals surface area contributed by atoms with Crippen molar-refractivity contribution < 1.29 is 22.7 Å². The van der Waals surface area contributed by atoms with Crippen molar-refractivity contribution in [2.45, 2.75) is 18.5 Å². The van der Waals surface area contributed by atoms with Crippen molar-refractivity contribution in [1.82, 2.24) is 9.47 Å². The second kappa shape index (κ2) is 8.55. The number of morpholine rings is 1. The number of halogens is 4. The first-order valence-corrected chi connectivity index (χ1v) is 10.4. The summed E-state index contributed by atoms with van der Waals surface area (Å²) in [4.78, 5) is 14.8. The van der Waals surface area contributed by atoms with Gasteiger partial charge >= 0.3 is 6.18 Å². The summed E-state index contributed by atoms with van der Waals surface area (Å²) in [6, 6.07) is 11.6. The lowest BCUT2D eigenvalue weighted by Crippen LogP contribution is -2.41. The molecule has 0 unspecified atom stereocenters. The maximum absolute atomic E-state index is 13.5. The highest BCUT2D eigenvalue weighted by Crippen LogP contribution is 2.40. The second-order valence-electron chi connectivity index (χ2n) is 7.70. The molecule has 1 saturated heterocycles. The predicted octanol–water partition coefficient (Wildman–Crippen LogP) is 5.23. The molecule has 2 aromatic carbocycles. The Morgan fingerprint density at radius 1 is 1.16 bits per heavy atom. The third-order valence-electron chi connectivity index (χ3n) is 5.74. The zero-order chi connectivity index (χ0) is 22.2. The van der Waals surface area contributed by atoms with Crippen LogP contribution in [0.3, 0.4) is 0 Å². The molecule has 31 heavy (non-hydrogen) atoms. The van der Waals surface area contributed by atoms with E-state index >= 15 is 0 Å². The number of carbonyl (C=O) groups excluding carboxylic acids is 1. The van der Waals surface area contributed by atoms with E-state index in [4.69, 9.17) is 16.3 Å². The van der Waals surface area contributed by atoms with Crippen LogP contribution in [0.25, 0.3) is 10.9 Å². The minimum Gasteiger partial charge on any atom is -0.378 e. The molecule has 0 N–H and O–H groups in total. The summed E-state index contributed by atoms with van der Waals surface area (Å²) in [5.74, 6) is -0.649. The molecule has 2 heterocycles. The largest absolute Gasteiger partial charge is 0.417 e. The monoisotopic (exact) mass is 450 g/mol. The van der Waals surface area contributed by atoms with E-state index in [1.54, 1.807) is 11.0 Å². The molecule has 1 aromatic heterocycles. The molecule has 1 aliphatic rings. The van der Waals surface area contributed by atoms with Crippen LogP contribution in [-0.2, 0) is 22.8 Å². The third kappa shape index (κ3) is 4.43. The van der Waals surface area contributed by atoms with Crippen LogP contribution < -0.4 is 0 Å². The number of hydrogen-bond donors (Lipinski definition) is 0.